The maximum absolute atomic E-state index is 14.2. The molecule has 2 unspecified atom stereocenters. The highest BCUT2D eigenvalue weighted by Crippen LogP contribution is 2.20. The Morgan fingerprint density at radius 2 is 1.47 bits per heavy atom. The SMILES string of the molecule is CC(NC(=O)[C@@H](NC(=O)[C@@H](N)CCCCN)[C@@H](O)CN)C(=O)NCC(=O)N[C@H](CCCN)C(=O)N1CCC[C@H]1C(=O)NC(Cc1cncn1C)C(=O)N[C@@H](CCCCN)C(=O)N/C(=C\CCN=C(N)N)C(=O)O. The lowest BCUT2D eigenvalue weighted by Crippen LogP contribution is -2.60. The van der Waals surface area contributed by atoms with Crippen LogP contribution in [0, 0.1) is 0 Å². The van der Waals surface area contributed by atoms with E-state index < -0.39 is 120 Å². The van der Waals surface area contributed by atoms with Crippen LogP contribution in [0.25, 0.3) is 0 Å². The van der Waals surface area contributed by atoms with E-state index >= 15 is 0 Å². The second-order valence-corrected chi connectivity index (χ2v) is 17.5. The number of amides is 8. The van der Waals surface area contributed by atoms with Crippen LogP contribution in [0.5, 0.6) is 0 Å². The summed E-state index contributed by atoms with van der Waals surface area (Å²) < 4.78 is 1.62. The molecule has 8 amide bonds. The molecule has 73 heavy (non-hydrogen) atoms. The van der Waals surface area contributed by atoms with Crippen LogP contribution in [0.1, 0.15) is 83.2 Å². The van der Waals surface area contributed by atoms with E-state index in [2.05, 4.69) is 47.2 Å². The Kier molecular flexibility index (Phi) is 28.2. The summed E-state index contributed by atoms with van der Waals surface area (Å²) in [5, 5.41) is 37.6. The van der Waals surface area contributed by atoms with Gasteiger partial charge in [-0.05, 0) is 90.8 Å². The number of carboxylic acids is 1. The van der Waals surface area contributed by atoms with Gasteiger partial charge in [0.1, 0.15) is 41.9 Å². The lowest BCUT2D eigenvalue weighted by Gasteiger charge is -2.30. The molecule has 1 aliphatic heterocycles. The van der Waals surface area contributed by atoms with E-state index in [9.17, 15) is 53.4 Å². The number of carboxylic acid groups (broad SMARTS) is 1. The van der Waals surface area contributed by atoms with E-state index in [1.54, 1.807) is 11.6 Å². The van der Waals surface area contributed by atoms with Gasteiger partial charge in [-0.15, -0.1) is 0 Å². The summed E-state index contributed by atoms with van der Waals surface area (Å²) in [5.74, 6) is -7.97. The quantitative estimate of drug-likeness (QED) is 0.0132. The molecular weight excluding hydrogens is 957 g/mol. The van der Waals surface area contributed by atoms with Crippen molar-refractivity contribution in [3.63, 3.8) is 0 Å². The van der Waals surface area contributed by atoms with E-state index in [0.717, 1.165) is 0 Å². The van der Waals surface area contributed by atoms with Crippen molar-refractivity contribution in [2.45, 2.75) is 132 Å². The first-order valence-electron chi connectivity index (χ1n) is 24.3. The smallest absolute Gasteiger partial charge is 0.352 e. The number of unbranched alkanes of at least 4 members (excludes halogenated alkanes) is 2. The summed E-state index contributed by atoms with van der Waals surface area (Å²) in [6.45, 7) is 1.19. The number of nitrogens with one attached hydrogen (secondary N) is 7. The number of carbonyl (C=O) groups excluding carboxylic acids is 8. The molecule has 1 aromatic heterocycles. The number of carbonyl (C=O) groups is 9. The van der Waals surface area contributed by atoms with Gasteiger partial charge in [0, 0.05) is 45.0 Å². The highest BCUT2D eigenvalue weighted by atomic mass is 16.4. The Morgan fingerprint density at radius 1 is 0.808 bits per heavy atom. The molecule has 410 valence electrons. The first kappa shape index (κ1) is 62.3. The number of guanidine groups is 1. The fourth-order valence-corrected chi connectivity index (χ4v) is 7.51. The molecule has 2 rings (SSSR count). The standard InChI is InChI=1S/C44H78N18O11/c1-25(55-41(70)35(33(63)21-48)60-37(66)27(49)10-3-5-15-45)36(65)54-23-34(64)56-29(12-7-17-47)42(71)62-19-9-14-32(62)40(69)59-31(20-26-22-52-24-61(26)2)39(68)57-28(11-4-6-16-46)38(67)58-30(43(72)73)13-8-18-53-44(50)51/h13,22,24-25,27-29,31-33,35,63H,3-12,14-21,23,45-49H2,1-2H3,(H,54,65)(H,55,70)(H,56,64)(H,57,68)(H,58,67)(H,59,69)(H,60,66)(H,72,73)(H4,50,51,53)/b30-13-/t25?,27-,28-,29+,31?,32-,33-,35-/m0/s1. The second kappa shape index (κ2) is 33.0. The molecule has 0 radical (unpaired) electrons. The average Bonchev–Trinajstić information content (AvgIpc) is 4.02. The molecule has 1 aliphatic rings. The number of aliphatic hydroxyl groups is 1. The number of nitrogens with zero attached hydrogens (tertiary/aromatic N) is 4. The summed E-state index contributed by atoms with van der Waals surface area (Å²) in [5.41, 5.74) is 39.1. The monoisotopic (exact) mass is 1030 g/mol. The Morgan fingerprint density at radius 3 is 2.07 bits per heavy atom. The van der Waals surface area contributed by atoms with Gasteiger partial charge >= 0.3 is 5.97 Å². The van der Waals surface area contributed by atoms with Crippen molar-refractivity contribution in [2.75, 3.05) is 45.8 Å². The van der Waals surface area contributed by atoms with E-state index in [4.69, 9.17) is 40.1 Å². The van der Waals surface area contributed by atoms with E-state index in [-0.39, 0.29) is 77.1 Å². The van der Waals surface area contributed by atoms with Crippen LogP contribution in [0.15, 0.2) is 29.3 Å². The van der Waals surface area contributed by atoms with Crippen LogP contribution in [0.2, 0.25) is 0 Å². The van der Waals surface area contributed by atoms with E-state index in [1.807, 2.05) is 0 Å². The minimum atomic E-state index is -1.56. The lowest BCUT2D eigenvalue weighted by atomic mass is 10.0. The van der Waals surface area contributed by atoms with Crippen molar-refractivity contribution in [1.29, 1.82) is 0 Å². The number of likely N-dealkylation sites (tertiary alicyclic amines) is 1. The number of aryl methyl sites for hydroxylation is 1. The molecule has 0 saturated carbocycles. The maximum Gasteiger partial charge on any atom is 0.352 e. The number of rotatable bonds is 34. The first-order valence-corrected chi connectivity index (χ1v) is 24.3. The molecule has 0 aromatic carbocycles. The molecule has 0 spiro atoms. The molecule has 23 N–H and O–H groups in total. The molecule has 1 saturated heterocycles. The van der Waals surface area contributed by atoms with Gasteiger partial charge in [0.05, 0.1) is 25.0 Å². The van der Waals surface area contributed by atoms with Crippen LogP contribution in [-0.4, -0.2) is 178 Å². The molecule has 8 atom stereocenters. The van der Waals surface area contributed by atoms with E-state index in [1.165, 1.54) is 30.4 Å². The number of aliphatic hydroxyl groups excluding tert-OH is 1. The molecule has 29 heteroatoms. The average molecular weight is 1040 g/mol. The Labute approximate surface area is 423 Å². The third-order valence-electron chi connectivity index (χ3n) is 11.7. The minimum Gasteiger partial charge on any atom is -0.477 e. The summed E-state index contributed by atoms with van der Waals surface area (Å²) in [6, 6.07) is -8.79. The fourth-order valence-electron chi connectivity index (χ4n) is 7.51. The normalized spacial score (nSPS) is 16.3. The molecular formula is C44H78N18O11. The molecule has 1 fully saturated rings. The second-order valence-electron chi connectivity index (χ2n) is 17.5. The van der Waals surface area contributed by atoms with Gasteiger partial charge in [-0.2, -0.15) is 0 Å². The number of aliphatic carboxylic acids is 1. The Hall–Kier alpha value is -6.79. The maximum atomic E-state index is 14.2. The molecule has 2 heterocycles. The summed E-state index contributed by atoms with van der Waals surface area (Å²) in [7, 11) is 1.67. The van der Waals surface area contributed by atoms with E-state index in [0.29, 0.717) is 44.3 Å². The van der Waals surface area contributed by atoms with Crippen molar-refractivity contribution in [1.82, 2.24) is 51.7 Å². The van der Waals surface area contributed by atoms with Crippen LogP contribution in [-0.2, 0) is 56.6 Å². The van der Waals surface area contributed by atoms with Gasteiger partial charge in [0.25, 0.3) is 0 Å². The fraction of sp³-hybridized carbons (Fsp3) is 0.659. The predicted octanol–water partition coefficient (Wildman–Crippen LogP) is -7.09. The third kappa shape index (κ3) is 21.8. The third-order valence-corrected chi connectivity index (χ3v) is 11.7. The number of hydrogen-bond acceptors (Lipinski definition) is 17. The van der Waals surface area contributed by atoms with Crippen molar-refractivity contribution >= 4 is 59.2 Å². The van der Waals surface area contributed by atoms with Crippen LogP contribution in [0.3, 0.4) is 0 Å². The summed E-state index contributed by atoms with van der Waals surface area (Å²) >= 11 is 0. The first-order chi connectivity index (χ1) is 34.7. The Balaban J connectivity index is 2.23. The Bertz CT molecular complexity index is 2070. The molecule has 29 nitrogen and oxygen atoms in total. The number of imidazole rings is 1. The minimum absolute atomic E-state index is 0.0429. The highest BCUT2D eigenvalue weighted by Gasteiger charge is 2.40. The van der Waals surface area contributed by atoms with Crippen molar-refractivity contribution in [3.05, 3.63) is 30.0 Å². The van der Waals surface area contributed by atoms with Crippen molar-refractivity contribution in [2.24, 2.45) is 52.2 Å². The zero-order valence-electron chi connectivity index (χ0n) is 41.7. The van der Waals surface area contributed by atoms with Crippen LogP contribution in [0.4, 0.5) is 0 Å². The molecule has 0 bridgehead atoms. The summed E-state index contributed by atoms with van der Waals surface area (Å²) in [4.78, 5) is 129. The highest BCUT2D eigenvalue weighted by molar-refractivity contribution is 5.99. The van der Waals surface area contributed by atoms with Crippen molar-refractivity contribution in [3.8, 4) is 0 Å². The van der Waals surface area contributed by atoms with Crippen LogP contribution >= 0.6 is 0 Å². The van der Waals surface area contributed by atoms with Gasteiger partial charge < -0.3 is 97.0 Å². The van der Waals surface area contributed by atoms with Gasteiger partial charge in [0.15, 0.2) is 5.96 Å². The van der Waals surface area contributed by atoms with Crippen LogP contribution < -0.4 is 77.4 Å². The number of nitrogens with two attached hydrogens (primary N) is 7. The van der Waals surface area contributed by atoms with Gasteiger partial charge in [0.2, 0.25) is 47.3 Å². The van der Waals surface area contributed by atoms with Crippen molar-refractivity contribution < 1.29 is 53.4 Å². The number of aliphatic imine (C=N–C) groups is 1. The summed E-state index contributed by atoms with van der Waals surface area (Å²) in [6.07, 6.45) is 5.81. The van der Waals surface area contributed by atoms with Gasteiger partial charge in [-0.25, -0.2) is 9.78 Å². The number of hydrogen-bond donors (Lipinski definition) is 16. The van der Waals surface area contributed by atoms with Gasteiger partial charge in [-0.3, -0.25) is 43.3 Å². The lowest BCUT2D eigenvalue weighted by molar-refractivity contribution is -0.142. The molecule has 1 aromatic rings. The number of aromatic nitrogens is 2. The zero-order chi connectivity index (χ0) is 54.6. The van der Waals surface area contributed by atoms with Gasteiger partial charge in [-0.1, -0.05) is 12.5 Å². The molecule has 0 aliphatic carbocycles. The predicted molar refractivity (Wildman–Crippen MR) is 266 cm³/mol. The zero-order valence-corrected chi connectivity index (χ0v) is 41.7. The topological polar surface area (TPSA) is 494 Å². The largest absolute Gasteiger partial charge is 0.477 e.